The Hall–Kier alpha value is -3.54. The van der Waals surface area contributed by atoms with Gasteiger partial charge in [0.15, 0.2) is 5.65 Å². The lowest BCUT2D eigenvalue weighted by Gasteiger charge is -2.23. The molecule has 0 bridgehead atoms. The van der Waals surface area contributed by atoms with Crippen LogP contribution in [0.1, 0.15) is 12.5 Å². The SMILES string of the molecule is CC1Cc2ccccc2N1c1nc2nccc(-c3cccnc3)c2c(=O)[nH]1. The van der Waals surface area contributed by atoms with Gasteiger partial charge in [-0.15, -0.1) is 0 Å². The fraction of sp³-hybridized carbons (Fsp3) is 0.143. The summed E-state index contributed by atoms with van der Waals surface area (Å²) in [5.41, 5.74) is 4.22. The van der Waals surface area contributed by atoms with E-state index in [9.17, 15) is 4.79 Å². The van der Waals surface area contributed by atoms with E-state index in [0.717, 1.165) is 23.2 Å². The van der Waals surface area contributed by atoms with Crippen LogP contribution in [0, 0.1) is 0 Å². The summed E-state index contributed by atoms with van der Waals surface area (Å²) >= 11 is 0. The maximum atomic E-state index is 13.0. The molecule has 1 unspecified atom stereocenters. The van der Waals surface area contributed by atoms with Crippen LogP contribution in [0.2, 0.25) is 0 Å². The first-order valence-corrected chi connectivity index (χ1v) is 8.89. The Labute approximate surface area is 155 Å². The normalized spacial score (nSPS) is 15.9. The third-order valence-corrected chi connectivity index (χ3v) is 5.00. The van der Waals surface area contributed by atoms with Gasteiger partial charge < -0.3 is 4.90 Å². The van der Waals surface area contributed by atoms with Gasteiger partial charge in [0.1, 0.15) is 0 Å². The van der Waals surface area contributed by atoms with Crippen molar-refractivity contribution < 1.29 is 0 Å². The molecule has 6 nitrogen and oxygen atoms in total. The molecule has 0 amide bonds. The van der Waals surface area contributed by atoms with Crippen LogP contribution in [-0.4, -0.2) is 26.0 Å². The summed E-state index contributed by atoms with van der Waals surface area (Å²) in [7, 11) is 0. The van der Waals surface area contributed by atoms with Crippen LogP contribution < -0.4 is 10.5 Å². The van der Waals surface area contributed by atoms with Crippen LogP contribution >= 0.6 is 0 Å². The van der Waals surface area contributed by atoms with Crippen LogP contribution in [0.25, 0.3) is 22.2 Å². The first kappa shape index (κ1) is 15.7. The highest BCUT2D eigenvalue weighted by Gasteiger charge is 2.29. The molecular formula is C21H17N5O. The van der Waals surface area contributed by atoms with E-state index in [0.29, 0.717) is 17.0 Å². The molecular weight excluding hydrogens is 338 g/mol. The maximum Gasteiger partial charge on any atom is 0.262 e. The molecule has 0 fully saturated rings. The summed E-state index contributed by atoms with van der Waals surface area (Å²) in [5.74, 6) is 0.529. The topological polar surface area (TPSA) is 74.8 Å². The molecule has 1 aromatic carbocycles. The van der Waals surface area contributed by atoms with E-state index in [1.807, 2.05) is 30.3 Å². The number of aromatic nitrogens is 4. The highest BCUT2D eigenvalue weighted by atomic mass is 16.1. The van der Waals surface area contributed by atoms with Crippen LogP contribution in [0.4, 0.5) is 11.6 Å². The van der Waals surface area contributed by atoms with Crippen molar-refractivity contribution in [2.45, 2.75) is 19.4 Å². The van der Waals surface area contributed by atoms with Crippen LogP contribution in [0.3, 0.4) is 0 Å². The molecule has 1 N–H and O–H groups in total. The van der Waals surface area contributed by atoms with Gasteiger partial charge >= 0.3 is 0 Å². The minimum absolute atomic E-state index is 0.196. The van der Waals surface area contributed by atoms with Crippen LogP contribution in [0.15, 0.2) is 65.8 Å². The summed E-state index contributed by atoms with van der Waals surface area (Å²) in [6.45, 7) is 2.13. The highest BCUT2D eigenvalue weighted by molar-refractivity contribution is 5.92. The number of aromatic amines is 1. The quantitative estimate of drug-likeness (QED) is 0.596. The number of anilines is 2. The van der Waals surface area contributed by atoms with Crippen LogP contribution in [-0.2, 0) is 6.42 Å². The maximum absolute atomic E-state index is 13.0. The summed E-state index contributed by atoms with van der Waals surface area (Å²) < 4.78 is 0. The zero-order valence-corrected chi connectivity index (χ0v) is 14.8. The first-order chi connectivity index (χ1) is 13.2. The lowest BCUT2D eigenvalue weighted by atomic mass is 10.1. The Balaban J connectivity index is 1.71. The van der Waals surface area contributed by atoms with Gasteiger partial charge in [-0.25, -0.2) is 4.98 Å². The number of hydrogen-bond donors (Lipinski definition) is 1. The highest BCUT2D eigenvalue weighted by Crippen LogP contribution is 2.36. The molecule has 27 heavy (non-hydrogen) atoms. The van der Waals surface area contributed by atoms with Crippen LogP contribution in [0.5, 0.6) is 0 Å². The van der Waals surface area contributed by atoms with Gasteiger partial charge in [0.05, 0.1) is 5.39 Å². The number of rotatable bonds is 2. The average molecular weight is 355 g/mol. The monoisotopic (exact) mass is 355 g/mol. The molecule has 4 aromatic rings. The minimum atomic E-state index is -0.196. The molecule has 5 rings (SSSR count). The van der Waals surface area contributed by atoms with Crippen molar-refractivity contribution >= 4 is 22.7 Å². The largest absolute Gasteiger partial charge is 0.309 e. The molecule has 132 valence electrons. The van der Waals surface area contributed by atoms with Crippen molar-refractivity contribution in [2.24, 2.45) is 0 Å². The predicted molar refractivity (Wildman–Crippen MR) is 105 cm³/mol. The fourth-order valence-corrected chi connectivity index (χ4v) is 3.82. The van der Waals surface area contributed by atoms with E-state index in [1.165, 1.54) is 5.56 Å². The molecule has 0 aliphatic carbocycles. The molecule has 0 spiro atoms. The van der Waals surface area contributed by atoms with Gasteiger partial charge in [-0.05, 0) is 37.1 Å². The lowest BCUT2D eigenvalue weighted by molar-refractivity contribution is 0.740. The number of para-hydroxylation sites is 1. The van der Waals surface area contributed by atoms with Gasteiger partial charge in [0, 0.05) is 41.4 Å². The summed E-state index contributed by atoms with van der Waals surface area (Å²) in [6.07, 6.45) is 6.05. The smallest absolute Gasteiger partial charge is 0.262 e. The van der Waals surface area contributed by atoms with E-state index in [-0.39, 0.29) is 11.6 Å². The van der Waals surface area contributed by atoms with Crippen molar-refractivity contribution in [3.63, 3.8) is 0 Å². The van der Waals surface area contributed by atoms with Crippen molar-refractivity contribution in [1.82, 2.24) is 19.9 Å². The van der Waals surface area contributed by atoms with E-state index in [1.54, 1.807) is 18.6 Å². The standard InChI is InChI=1S/C21H17N5O/c1-13-11-14-5-2-3-7-17(14)26(13)21-24-19-18(20(27)25-21)16(8-10-23-19)15-6-4-9-22-12-15/h2-10,12-13H,11H2,1H3,(H,23,24,25,27). The van der Waals surface area contributed by atoms with E-state index in [4.69, 9.17) is 4.98 Å². The van der Waals surface area contributed by atoms with Gasteiger partial charge in [0.2, 0.25) is 5.95 Å². The Kier molecular flexibility index (Phi) is 3.50. The molecule has 4 heterocycles. The van der Waals surface area contributed by atoms with Crippen molar-refractivity contribution in [3.05, 3.63) is 77.0 Å². The van der Waals surface area contributed by atoms with Crippen molar-refractivity contribution in [3.8, 4) is 11.1 Å². The second kappa shape index (κ2) is 6.02. The minimum Gasteiger partial charge on any atom is -0.309 e. The second-order valence-corrected chi connectivity index (χ2v) is 6.74. The Morgan fingerprint density at radius 2 is 2.00 bits per heavy atom. The zero-order chi connectivity index (χ0) is 18.4. The molecule has 0 radical (unpaired) electrons. The van der Waals surface area contributed by atoms with Gasteiger partial charge in [0.25, 0.3) is 5.56 Å². The lowest BCUT2D eigenvalue weighted by Crippen LogP contribution is -2.28. The predicted octanol–water partition coefficient (Wildman–Crippen LogP) is 3.46. The van der Waals surface area contributed by atoms with E-state index in [2.05, 4.69) is 38.9 Å². The molecule has 1 aliphatic heterocycles. The van der Waals surface area contributed by atoms with E-state index >= 15 is 0 Å². The first-order valence-electron chi connectivity index (χ1n) is 8.89. The number of hydrogen-bond acceptors (Lipinski definition) is 5. The third kappa shape index (κ3) is 2.49. The Morgan fingerprint density at radius 1 is 1.11 bits per heavy atom. The number of H-pyrrole nitrogens is 1. The summed E-state index contributed by atoms with van der Waals surface area (Å²) in [5, 5.41) is 0.481. The Bertz CT molecular complexity index is 1200. The van der Waals surface area contributed by atoms with E-state index < -0.39 is 0 Å². The van der Waals surface area contributed by atoms with Gasteiger partial charge in [-0.3, -0.25) is 14.8 Å². The third-order valence-electron chi connectivity index (χ3n) is 5.00. The zero-order valence-electron chi connectivity index (χ0n) is 14.8. The summed E-state index contributed by atoms with van der Waals surface area (Å²) in [4.78, 5) is 31.2. The number of pyridine rings is 2. The van der Waals surface area contributed by atoms with Gasteiger partial charge in [-0.1, -0.05) is 24.3 Å². The molecule has 3 aromatic heterocycles. The number of nitrogens with zero attached hydrogens (tertiary/aromatic N) is 4. The molecule has 0 saturated heterocycles. The number of nitrogens with one attached hydrogen (secondary N) is 1. The Morgan fingerprint density at radius 3 is 2.85 bits per heavy atom. The number of benzene rings is 1. The molecule has 0 saturated carbocycles. The average Bonchev–Trinajstić information content (AvgIpc) is 3.03. The second-order valence-electron chi connectivity index (χ2n) is 6.74. The fourth-order valence-electron chi connectivity index (χ4n) is 3.82. The number of fused-ring (bicyclic) bond motifs is 2. The van der Waals surface area contributed by atoms with Crippen molar-refractivity contribution in [1.29, 1.82) is 0 Å². The van der Waals surface area contributed by atoms with Crippen molar-refractivity contribution in [2.75, 3.05) is 4.90 Å². The summed E-state index contributed by atoms with van der Waals surface area (Å²) in [6, 6.07) is 14.0. The molecule has 1 atom stereocenters. The molecule has 6 heteroatoms. The molecule has 1 aliphatic rings. The van der Waals surface area contributed by atoms with Gasteiger partial charge in [-0.2, -0.15) is 4.98 Å².